The molecule has 2 N–H and O–H groups in total. The molecule has 1 aromatic carbocycles. The van der Waals surface area contributed by atoms with Crippen LogP contribution in [-0.2, 0) is 12.7 Å². The molecule has 0 spiro atoms. The van der Waals surface area contributed by atoms with Crippen LogP contribution in [0, 0.1) is 0 Å². The first-order valence-electron chi connectivity index (χ1n) is 7.02. The van der Waals surface area contributed by atoms with Crippen LogP contribution >= 0.6 is 0 Å². The second kappa shape index (κ2) is 5.35. The summed E-state index contributed by atoms with van der Waals surface area (Å²) in [6.07, 6.45) is -3.98. The molecular weight excluding hydrogens is 299 g/mol. The first kappa shape index (κ1) is 15.0. The van der Waals surface area contributed by atoms with E-state index in [0.717, 1.165) is 4.57 Å². The highest BCUT2D eigenvalue weighted by Gasteiger charge is 2.38. The first-order chi connectivity index (χ1) is 10.4. The molecule has 120 valence electrons. The van der Waals surface area contributed by atoms with Gasteiger partial charge in [0.25, 0.3) is 0 Å². The number of hydrogen-bond acceptors (Lipinski definition) is 4. The highest BCUT2D eigenvalue weighted by Crippen LogP contribution is 2.38. The summed E-state index contributed by atoms with van der Waals surface area (Å²) in [6.45, 7) is 2.61. The van der Waals surface area contributed by atoms with E-state index in [-0.39, 0.29) is 18.1 Å². The molecule has 0 saturated carbocycles. The molecule has 8 heteroatoms. The van der Waals surface area contributed by atoms with Crippen LogP contribution in [0.3, 0.4) is 0 Å². The molecule has 0 aliphatic carbocycles. The molecule has 1 aliphatic rings. The molecule has 2 aromatic rings. The average Bonchev–Trinajstić information content (AvgIpc) is 2.83. The van der Waals surface area contributed by atoms with Gasteiger partial charge in [-0.15, -0.1) is 0 Å². The smallest absolute Gasteiger partial charge is 0.449 e. The third-order valence-electron chi connectivity index (χ3n) is 3.61. The lowest BCUT2D eigenvalue weighted by Crippen LogP contribution is -2.28. The van der Waals surface area contributed by atoms with Crippen molar-refractivity contribution in [2.24, 2.45) is 5.73 Å². The lowest BCUT2D eigenvalue weighted by atomic mass is 10.2. The highest BCUT2D eigenvalue weighted by molar-refractivity contribution is 5.81. The molecule has 0 fully saturated rings. The maximum atomic E-state index is 13.2. The normalized spacial score (nSPS) is 16.0. The second-order valence-corrected chi connectivity index (χ2v) is 5.20. The van der Waals surface area contributed by atoms with Crippen LogP contribution in [0.5, 0.6) is 11.5 Å². The minimum absolute atomic E-state index is 0.0431. The standard InChI is InChI=1S/C14H16F3N3O2/c1-2-8(18)7-20-10-6-12-11(21-3-4-22-12)5-9(10)19-13(20)14(15,16)17/h5-6,8H,2-4,7,18H2,1H3. The Balaban J connectivity index is 2.18. The number of nitrogens with two attached hydrogens (primary N) is 1. The van der Waals surface area contributed by atoms with Crippen molar-refractivity contribution in [3.63, 3.8) is 0 Å². The zero-order valence-electron chi connectivity index (χ0n) is 12.0. The largest absolute Gasteiger partial charge is 0.486 e. The minimum Gasteiger partial charge on any atom is -0.486 e. The number of imidazole rings is 1. The molecule has 22 heavy (non-hydrogen) atoms. The fourth-order valence-electron chi connectivity index (χ4n) is 2.43. The van der Waals surface area contributed by atoms with Crippen molar-refractivity contribution in [2.75, 3.05) is 13.2 Å². The van der Waals surface area contributed by atoms with Gasteiger partial charge >= 0.3 is 6.18 Å². The van der Waals surface area contributed by atoms with Crippen LogP contribution in [0.15, 0.2) is 12.1 Å². The maximum Gasteiger partial charge on any atom is 0.449 e. The van der Waals surface area contributed by atoms with Crippen molar-refractivity contribution < 1.29 is 22.6 Å². The van der Waals surface area contributed by atoms with Crippen LogP contribution in [0.4, 0.5) is 13.2 Å². The van der Waals surface area contributed by atoms with E-state index in [9.17, 15) is 13.2 Å². The molecule has 0 radical (unpaired) electrons. The third kappa shape index (κ3) is 2.58. The fraction of sp³-hybridized carbons (Fsp3) is 0.500. The number of nitrogens with zero attached hydrogens (tertiary/aromatic N) is 2. The summed E-state index contributed by atoms with van der Waals surface area (Å²) in [7, 11) is 0. The van der Waals surface area contributed by atoms with Gasteiger partial charge in [-0.3, -0.25) is 0 Å². The first-order valence-corrected chi connectivity index (χ1v) is 7.02. The number of aromatic nitrogens is 2. The number of benzene rings is 1. The zero-order valence-corrected chi connectivity index (χ0v) is 12.0. The van der Waals surface area contributed by atoms with Crippen molar-refractivity contribution in [1.29, 1.82) is 0 Å². The number of fused-ring (bicyclic) bond motifs is 2. The van der Waals surface area contributed by atoms with Crippen LogP contribution in [0.1, 0.15) is 19.2 Å². The number of hydrogen-bond donors (Lipinski definition) is 1. The van der Waals surface area contributed by atoms with Gasteiger partial charge in [0, 0.05) is 24.7 Å². The molecule has 1 atom stereocenters. The van der Waals surface area contributed by atoms with Crippen LogP contribution in [0.25, 0.3) is 11.0 Å². The summed E-state index contributed by atoms with van der Waals surface area (Å²) in [5.74, 6) is -0.107. The summed E-state index contributed by atoms with van der Waals surface area (Å²) in [4.78, 5) is 3.73. The fourth-order valence-corrected chi connectivity index (χ4v) is 2.43. The van der Waals surface area contributed by atoms with E-state index in [1.54, 1.807) is 0 Å². The van der Waals surface area contributed by atoms with Crippen molar-refractivity contribution in [3.05, 3.63) is 18.0 Å². The lowest BCUT2D eigenvalue weighted by molar-refractivity contribution is -0.147. The summed E-state index contributed by atoms with van der Waals surface area (Å²) >= 11 is 0. The van der Waals surface area contributed by atoms with Gasteiger partial charge in [0.05, 0.1) is 11.0 Å². The highest BCUT2D eigenvalue weighted by atomic mass is 19.4. The van der Waals surface area contributed by atoms with Gasteiger partial charge in [0.2, 0.25) is 5.82 Å². The summed E-state index contributed by atoms with van der Waals surface area (Å²) in [6, 6.07) is 2.63. The molecule has 3 rings (SSSR count). The van der Waals surface area contributed by atoms with Crippen molar-refractivity contribution in [1.82, 2.24) is 9.55 Å². The Kier molecular flexibility index (Phi) is 3.64. The van der Waals surface area contributed by atoms with E-state index in [2.05, 4.69) is 4.98 Å². The Labute approximate surface area is 124 Å². The van der Waals surface area contributed by atoms with E-state index in [0.29, 0.717) is 36.7 Å². The van der Waals surface area contributed by atoms with Gasteiger partial charge in [0.1, 0.15) is 13.2 Å². The predicted octanol–water partition coefficient (Wildman–Crippen LogP) is 2.56. The Morgan fingerprint density at radius 2 is 1.91 bits per heavy atom. The molecule has 1 aromatic heterocycles. The van der Waals surface area contributed by atoms with Crippen LogP contribution < -0.4 is 15.2 Å². The quantitative estimate of drug-likeness (QED) is 0.945. The monoisotopic (exact) mass is 315 g/mol. The van der Waals surface area contributed by atoms with E-state index >= 15 is 0 Å². The van der Waals surface area contributed by atoms with Crippen LogP contribution in [0.2, 0.25) is 0 Å². The lowest BCUT2D eigenvalue weighted by Gasteiger charge is -2.19. The van der Waals surface area contributed by atoms with Crippen LogP contribution in [-0.4, -0.2) is 28.8 Å². The molecule has 0 saturated heterocycles. The van der Waals surface area contributed by atoms with Crippen molar-refractivity contribution in [2.45, 2.75) is 32.1 Å². The SMILES string of the molecule is CCC(N)Cn1c(C(F)(F)F)nc2cc3c(cc21)OCCO3. The number of rotatable bonds is 3. The molecule has 5 nitrogen and oxygen atoms in total. The molecular formula is C14H16F3N3O2. The molecule has 0 amide bonds. The number of ether oxygens (including phenoxy) is 2. The molecule has 0 bridgehead atoms. The zero-order chi connectivity index (χ0) is 15.9. The van der Waals surface area contributed by atoms with E-state index < -0.39 is 12.0 Å². The Bertz CT molecular complexity index is 697. The summed E-state index contributed by atoms with van der Waals surface area (Å²) < 4.78 is 51.6. The molecule has 1 unspecified atom stereocenters. The van der Waals surface area contributed by atoms with Gasteiger partial charge in [0.15, 0.2) is 11.5 Å². The Hall–Kier alpha value is -1.96. The van der Waals surface area contributed by atoms with Crippen molar-refractivity contribution in [3.8, 4) is 11.5 Å². The third-order valence-corrected chi connectivity index (χ3v) is 3.61. The van der Waals surface area contributed by atoms with E-state index in [1.807, 2.05) is 6.92 Å². The Morgan fingerprint density at radius 3 is 2.50 bits per heavy atom. The maximum absolute atomic E-state index is 13.2. The average molecular weight is 315 g/mol. The van der Waals surface area contributed by atoms with Gasteiger partial charge in [-0.05, 0) is 6.42 Å². The Morgan fingerprint density at radius 1 is 1.27 bits per heavy atom. The summed E-state index contributed by atoms with van der Waals surface area (Å²) in [5.41, 5.74) is 6.40. The molecule has 1 aliphatic heterocycles. The van der Waals surface area contributed by atoms with Gasteiger partial charge in [-0.2, -0.15) is 13.2 Å². The topological polar surface area (TPSA) is 62.3 Å². The predicted molar refractivity (Wildman–Crippen MR) is 74.0 cm³/mol. The van der Waals surface area contributed by atoms with E-state index in [1.165, 1.54) is 12.1 Å². The van der Waals surface area contributed by atoms with Crippen molar-refractivity contribution >= 4 is 11.0 Å². The number of alkyl halides is 3. The second-order valence-electron chi connectivity index (χ2n) is 5.20. The molecule has 2 heterocycles. The minimum atomic E-state index is -4.55. The van der Waals surface area contributed by atoms with Gasteiger partial charge in [-0.25, -0.2) is 4.98 Å². The van der Waals surface area contributed by atoms with Gasteiger partial charge in [-0.1, -0.05) is 6.92 Å². The van der Waals surface area contributed by atoms with Gasteiger partial charge < -0.3 is 19.8 Å². The summed E-state index contributed by atoms with van der Waals surface area (Å²) in [5, 5.41) is 0. The number of halogens is 3. The van der Waals surface area contributed by atoms with E-state index in [4.69, 9.17) is 15.2 Å².